The average Bonchev–Trinajstić information content (AvgIpc) is 2.82. The van der Waals surface area contributed by atoms with Crippen molar-refractivity contribution in [3.63, 3.8) is 0 Å². The third-order valence-corrected chi connectivity index (χ3v) is 5.60. The van der Waals surface area contributed by atoms with Gasteiger partial charge in [-0.1, -0.05) is 54.6 Å². The van der Waals surface area contributed by atoms with Gasteiger partial charge in [0, 0.05) is 12.1 Å². The first-order valence-corrected chi connectivity index (χ1v) is 10.3. The van der Waals surface area contributed by atoms with Crippen LogP contribution in [0.25, 0.3) is 10.8 Å². The molecule has 1 atom stereocenters. The van der Waals surface area contributed by atoms with E-state index in [0.29, 0.717) is 11.1 Å². The van der Waals surface area contributed by atoms with Gasteiger partial charge in [-0.25, -0.2) is 9.18 Å². The smallest absolute Gasteiger partial charge is 0.335 e. The fourth-order valence-corrected chi connectivity index (χ4v) is 3.79. The summed E-state index contributed by atoms with van der Waals surface area (Å²) in [7, 11) is 0. The summed E-state index contributed by atoms with van der Waals surface area (Å²) in [6.45, 7) is 2.10. The van der Waals surface area contributed by atoms with Crippen LogP contribution in [0.2, 0.25) is 0 Å². The summed E-state index contributed by atoms with van der Waals surface area (Å²) in [6, 6.07) is 25.6. The Balaban J connectivity index is 1.73. The van der Waals surface area contributed by atoms with Gasteiger partial charge in [-0.2, -0.15) is 0 Å². The lowest BCUT2D eigenvalue weighted by molar-refractivity contribution is 0.0674. The molecule has 4 aromatic carbocycles. The van der Waals surface area contributed by atoms with Crippen LogP contribution in [-0.2, 0) is 6.54 Å². The number of hydrogen-bond donors (Lipinski definition) is 1. The van der Waals surface area contributed by atoms with E-state index in [4.69, 9.17) is 0 Å². The molecule has 0 radical (unpaired) electrons. The van der Waals surface area contributed by atoms with Crippen LogP contribution in [0.5, 0.6) is 0 Å². The molecular formula is C27H22FNO3. The van der Waals surface area contributed by atoms with Gasteiger partial charge in [-0.15, -0.1) is 0 Å². The van der Waals surface area contributed by atoms with Crippen molar-refractivity contribution in [2.75, 3.05) is 0 Å². The third-order valence-electron chi connectivity index (χ3n) is 5.60. The number of rotatable bonds is 6. The van der Waals surface area contributed by atoms with Crippen molar-refractivity contribution in [3.05, 3.63) is 119 Å². The van der Waals surface area contributed by atoms with Crippen molar-refractivity contribution in [2.45, 2.75) is 19.5 Å². The van der Waals surface area contributed by atoms with Crippen LogP contribution in [0.4, 0.5) is 4.39 Å². The van der Waals surface area contributed by atoms with Gasteiger partial charge in [0.05, 0.1) is 11.6 Å². The number of carbonyl (C=O) groups is 2. The molecule has 0 aliphatic carbocycles. The number of carboxylic acid groups (broad SMARTS) is 1. The number of hydrogen-bond acceptors (Lipinski definition) is 2. The molecule has 0 heterocycles. The lowest BCUT2D eigenvalue weighted by Gasteiger charge is -2.30. The Bertz CT molecular complexity index is 1280. The number of halogens is 1. The Morgan fingerprint density at radius 2 is 1.56 bits per heavy atom. The van der Waals surface area contributed by atoms with Crippen LogP contribution >= 0.6 is 0 Å². The van der Waals surface area contributed by atoms with Gasteiger partial charge >= 0.3 is 5.97 Å². The molecule has 0 aliphatic heterocycles. The van der Waals surface area contributed by atoms with E-state index in [1.54, 1.807) is 41.3 Å². The van der Waals surface area contributed by atoms with Crippen LogP contribution in [0.1, 0.15) is 44.8 Å². The summed E-state index contributed by atoms with van der Waals surface area (Å²) < 4.78 is 13.5. The molecule has 4 nitrogen and oxygen atoms in total. The van der Waals surface area contributed by atoms with Gasteiger partial charge in [0.15, 0.2) is 0 Å². The first kappa shape index (κ1) is 21.2. The Hall–Kier alpha value is -3.99. The van der Waals surface area contributed by atoms with Crippen molar-refractivity contribution in [3.8, 4) is 0 Å². The second kappa shape index (κ2) is 9.02. The zero-order valence-corrected chi connectivity index (χ0v) is 17.5. The lowest BCUT2D eigenvalue weighted by atomic mass is 10.0. The Labute approximate surface area is 185 Å². The third kappa shape index (κ3) is 4.52. The molecule has 1 amide bonds. The van der Waals surface area contributed by atoms with Gasteiger partial charge in [0.2, 0.25) is 0 Å². The zero-order chi connectivity index (χ0) is 22.7. The van der Waals surface area contributed by atoms with E-state index in [0.717, 1.165) is 16.3 Å². The first-order chi connectivity index (χ1) is 15.4. The molecule has 32 heavy (non-hydrogen) atoms. The summed E-state index contributed by atoms with van der Waals surface area (Å²) in [5, 5.41) is 11.3. The molecule has 5 heteroatoms. The van der Waals surface area contributed by atoms with Gasteiger partial charge in [0.25, 0.3) is 5.91 Å². The minimum Gasteiger partial charge on any atom is -0.478 e. The number of carbonyl (C=O) groups excluding carboxylic acids is 1. The summed E-state index contributed by atoms with van der Waals surface area (Å²) in [4.78, 5) is 26.7. The highest BCUT2D eigenvalue weighted by molar-refractivity contribution is 5.98. The maximum Gasteiger partial charge on any atom is 0.335 e. The SMILES string of the molecule is C[C@@H](c1ccc(F)cc1)N(Cc1cccc(C(=O)O)c1)C(=O)c1ccc2ccccc2c1. The highest BCUT2D eigenvalue weighted by Crippen LogP contribution is 2.26. The van der Waals surface area contributed by atoms with Crippen LogP contribution < -0.4 is 0 Å². The van der Waals surface area contributed by atoms with Crippen molar-refractivity contribution >= 4 is 22.6 Å². The maximum atomic E-state index is 13.6. The number of benzene rings is 4. The molecule has 0 spiro atoms. The van der Waals surface area contributed by atoms with Gasteiger partial charge < -0.3 is 10.0 Å². The zero-order valence-electron chi connectivity index (χ0n) is 17.5. The Morgan fingerprint density at radius 1 is 0.844 bits per heavy atom. The largest absolute Gasteiger partial charge is 0.478 e. The summed E-state index contributed by atoms with van der Waals surface area (Å²) >= 11 is 0. The van der Waals surface area contributed by atoms with E-state index in [9.17, 15) is 19.1 Å². The minimum atomic E-state index is -1.02. The van der Waals surface area contributed by atoms with Crippen LogP contribution in [-0.4, -0.2) is 21.9 Å². The van der Waals surface area contributed by atoms with E-state index >= 15 is 0 Å². The Morgan fingerprint density at radius 3 is 2.28 bits per heavy atom. The van der Waals surface area contributed by atoms with E-state index in [-0.39, 0.29) is 29.9 Å². The van der Waals surface area contributed by atoms with E-state index < -0.39 is 5.97 Å². The highest BCUT2D eigenvalue weighted by Gasteiger charge is 2.24. The number of fused-ring (bicyclic) bond motifs is 1. The molecule has 1 N–H and O–H groups in total. The fourth-order valence-electron chi connectivity index (χ4n) is 3.79. The summed E-state index contributed by atoms with van der Waals surface area (Å²) in [6.07, 6.45) is 0. The summed E-state index contributed by atoms with van der Waals surface area (Å²) in [5.74, 6) is -1.55. The van der Waals surface area contributed by atoms with Crippen LogP contribution in [0.3, 0.4) is 0 Å². The molecule has 0 unspecified atom stereocenters. The standard InChI is InChI=1S/C27H22FNO3/c1-18(20-11-13-25(28)14-12-20)29(17-19-5-4-8-24(15-19)27(31)32)26(30)23-10-9-21-6-2-3-7-22(21)16-23/h2-16,18H,17H2,1H3,(H,31,32)/t18-/m0/s1. The second-order valence-corrected chi connectivity index (χ2v) is 7.73. The molecule has 160 valence electrons. The van der Waals surface area contributed by atoms with E-state index in [1.165, 1.54) is 18.2 Å². The molecule has 0 saturated heterocycles. The molecule has 0 aliphatic rings. The quantitative estimate of drug-likeness (QED) is 0.406. The van der Waals surface area contributed by atoms with E-state index in [1.807, 2.05) is 43.3 Å². The molecule has 4 aromatic rings. The van der Waals surface area contributed by atoms with Crippen LogP contribution in [0, 0.1) is 5.82 Å². The normalized spacial score (nSPS) is 11.8. The topological polar surface area (TPSA) is 57.6 Å². The maximum absolute atomic E-state index is 13.6. The van der Waals surface area contributed by atoms with Gasteiger partial charge in [-0.3, -0.25) is 4.79 Å². The van der Waals surface area contributed by atoms with Crippen LogP contribution in [0.15, 0.2) is 91.0 Å². The molecule has 0 fully saturated rings. The minimum absolute atomic E-state index is 0.162. The van der Waals surface area contributed by atoms with Crippen molar-refractivity contribution in [2.24, 2.45) is 0 Å². The molecule has 0 bridgehead atoms. The molecule has 4 rings (SSSR count). The number of aromatic carboxylic acids is 1. The van der Waals surface area contributed by atoms with Crippen molar-refractivity contribution in [1.29, 1.82) is 0 Å². The van der Waals surface area contributed by atoms with Gasteiger partial charge in [0.1, 0.15) is 5.82 Å². The second-order valence-electron chi connectivity index (χ2n) is 7.73. The highest BCUT2D eigenvalue weighted by atomic mass is 19.1. The van der Waals surface area contributed by atoms with Gasteiger partial charge in [-0.05, 0) is 65.2 Å². The molecular weight excluding hydrogens is 405 g/mol. The first-order valence-electron chi connectivity index (χ1n) is 10.3. The number of nitrogens with zero attached hydrogens (tertiary/aromatic N) is 1. The molecule has 0 aromatic heterocycles. The lowest BCUT2D eigenvalue weighted by Crippen LogP contribution is -2.33. The van der Waals surface area contributed by atoms with E-state index in [2.05, 4.69) is 0 Å². The monoisotopic (exact) mass is 427 g/mol. The average molecular weight is 427 g/mol. The predicted molar refractivity (Wildman–Crippen MR) is 122 cm³/mol. The Kier molecular flexibility index (Phi) is 5.99. The number of amides is 1. The predicted octanol–water partition coefficient (Wildman–Crippen LogP) is 6.08. The number of carboxylic acids is 1. The van der Waals surface area contributed by atoms with Crippen molar-refractivity contribution < 1.29 is 19.1 Å². The molecule has 0 saturated carbocycles. The summed E-state index contributed by atoms with van der Waals surface area (Å²) in [5.41, 5.74) is 2.19. The van der Waals surface area contributed by atoms with Crippen molar-refractivity contribution in [1.82, 2.24) is 4.90 Å². The fraction of sp³-hybridized carbons (Fsp3) is 0.111.